The number of fused-ring (bicyclic) bond motifs is 5. The van der Waals surface area contributed by atoms with Gasteiger partial charge in [-0.2, -0.15) is 0 Å². The van der Waals surface area contributed by atoms with E-state index in [1.807, 2.05) is 0 Å². The van der Waals surface area contributed by atoms with Gasteiger partial charge in [-0.15, -0.1) is 0 Å². The second-order valence-electron chi connectivity index (χ2n) is 18.4. The Morgan fingerprint density at radius 3 is 1.77 bits per heavy atom. The van der Waals surface area contributed by atoms with E-state index < -0.39 is 144 Å². The molecule has 1 N–H and O–H groups in total. The molecule has 2 unspecified atom stereocenters. The van der Waals surface area contributed by atoms with Crippen molar-refractivity contribution >= 4 is 53.7 Å². The molecule has 4 aliphatic rings. The molecule has 1 saturated heterocycles. The zero-order valence-corrected chi connectivity index (χ0v) is 40.0. The lowest BCUT2D eigenvalue weighted by Crippen LogP contribution is -2.89. The summed E-state index contributed by atoms with van der Waals surface area (Å²) in [5.74, 6) is -11.8. The minimum absolute atomic E-state index is 0.0626. The highest BCUT2D eigenvalue weighted by atomic mass is 16.7. The third-order valence-electron chi connectivity index (χ3n) is 13.5. The number of pyridine rings is 1. The Kier molecular flexibility index (Phi) is 14.2. The lowest BCUT2D eigenvalue weighted by atomic mass is 9.45. The molecule has 1 aromatic heterocycles. The molecule has 12 atom stereocenters. The number of esters is 9. The number of aryl methyl sites for hydroxylation is 1. The monoisotopic (exact) mass is 987 g/mol. The number of nitrogens with zero attached hydrogens (tertiary/aromatic N) is 1. The summed E-state index contributed by atoms with van der Waals surface area (Å²) in [6.07, 6.45) is -12.5. The number of aliphatic hydroxyl groups is 1. The molecule has 7 rings (SSSR count). The van der Waals surface area contributed by atoms with Gasteiger partial charge >= 0.3 is 53.7 Å². The van der Waals surface area contributed by atoms with Crippen LogP contribution in [0, 0.1) is 11.3 Å². The van der Waals surface area contributed by atoms with Gasteiger partial charge in [0.2, 0.25) is 5.60 Å². The number of ether oxygens (including phenoxy) is 10. The van der Waals surface area contributed by atoms with Crippen LogP contribution >= 0.6 is 0 Å². The summed E-state index contributed by atoms with van der Waals surface area (Å²) < 4.78 is 62.2. The van der Waals surface area contributed by atoms with E-state index in [1.165, 1.54) is 80.7 Å². The maximum absolute atomic E-state index is 15.1. The van der Waals surface area contributed by atoms with Crippen LogP contribution in [-0.4, -0.2) is 136 Å². The summed E-state index contributed by atoms with van der Waals surface area (Å²) in [6, 6.07) is 17.5. The van der Waals surface area contributed by atoms with Gasteiger partial charge < -0.3 is 52.5 Å². The maximum atomic E-state index is 15.1. The molecule has 2 saturated carbocycles. The standard InChI is InChI=1S/C50H53NO20/c1-26(52)62-25-49-40(66-29(4)55)36(64-27(2)53)35-38(67-42(57)31-16-11-9-12-17-31)50(49)48(8,61)39(37(65-28(3)54)41(49)68-43(58)32-18-13-10-14-19-32)69-45(60)46(6,70-30(5)56)22-21-34-33(20-15-23-51-34)44(59)63-24-47(35,7)71-50/h9-20,23,35-41,61H,21-22,24-25H2,1-8H3/t35-,36?,37+,38-,39+,40-,41+,46?,47+,48+,49-,50+/m1/s1. The number of hydrogen-bond donors (Lipinski definition) is 1. The summed E-state index contributed by atoms with van der Waals surface area (Å²) in [6.45, 7) is 6.38. The predicted molar refractivity (Wildman–Crippen MR) is 236 cm³/mol. The van der Waals surface area contributed by atoms with Crippen molar-refractivity contribution < 1.29 is 95.6 Å². The Hall–Kier alpha value is -7.26. The van der Waals surface area contributed by atoms with Gasteiger partial charge in [0.15, 0.2) is 30.0 Å². The van der Waals surface area contributed by atoms with Crippen molar-refractivity contribution in [2.45, 2.75) is 127 Å². The van der Waals surface area contributed by atoms with Crippen LogP contribution in [0.3, 0.4) is 0 Å². The summed E-state index contributed by atoms with van der Waals surface area (Å²) in [7, 11) is 0. The Morgan fingerprint density at radius 1 is 0.676 bits per heavy atom. The van der Waals surface area contributed by atoms with Crippen LogP contribution in [-0.2, 0) is 82.6 Å². The lowest BCUT2D eigenvalue weighted by Gasteiger charge is -2.67. The van der Waals surface area contributed by atoms with E-state index in [4.69, 9.17) is 47.4 Å². The van der Waals surface area contributed by atoms with Crippen molar-refractivity contribution in [3.8, 4) is 0 Å². The first kappa shape index (κ1) is 51.6. The molecule has 21 nitrogen and oxygen atoms in total. The summed E-state index contributed by atoms with van der Waals surface area (Å²) >= 11 is 0. The van der Waals surface area contributed by atoms with E-state index >= 15 is 4.79 Å². The first-order chi connectivity index (χ1) is 33.4. The van der Waals surface area contributed by atoms with Crippen LogP contribution in [0.4, 0.5) is 0 Å². The van der Waals surface area contributed by atoms with Crippen molar-refractivity contribution in [2.24, 2.45) is 11.3 Å². The number of cyclic esters (lactones) is 1. The van der Waals surface area contributed by atoms with E-state index in [0.717, 1.165) is 41.5 Å². The second-order valence-corrected chi connectivity index (χ2v) is 18.4. The molecule has 4 bridgehead atoms. The van der Waals surface area contributed by atoms with Crippen molar-refractivity contribution in [3.63, 3.8) is 0 Å². The van der Waals surface area contributed by atoms with Crippen LogP contribution in [0.2, 0.25) is 0 Å². The lowest BCUT2D eigenvalue weighted by molar-refractivity contribution is -0.385. The number of rotatable bonds is 10. The van der Waals surface area contributed by atoms with Crippen LogP contribution in [0.25, 0.3) is 0 Å². The third-order valence-corrected chi connectivity index (χ3v) is 13.5. The van der Waals surface area contributed by atoms with Crippen LogP contribution in [0.1, 0.15) is 98.6 Å². The summed E-state index contributed by atoms with van der Waals surface area (Å²) in [5.41, 5.74) is -13.7. The third kappa shape index (κ3) is 9.19. The van der Waals surface area contributed by atoms with Gasteiger partial charge in [0.25, 0.3) is 0 Å². The predicted octanol–water partition coefficient (Wildman–Crippen LogP) is 3.14. The fraction of sp³-hybridized carbons (Fsp3) is 0.480. The molecule has 71 heavy (non-hydrogen) atoms. The fourth-order valence-electron chi connectivity index (χ4n) is 10.7. The topological polar surface area (TPSA) is 279 Å². The molecule has 3 fully saturated rings. The smallest absolute Gasteiger partial charge is 0.350 e. The first-order valence-corrected chi connectivity index (χ1v) is 22.5. The molecule has 2 aliphatic heterocycles. The molecule has 21 heteroatoms. The highest BCUT2D eigenvalue weighted by Crippen LogP contribution is 2.70. The van der Waals surface area contributed by atoms with Crippen molar-refractivity contribution in [3.05, 3.63) is 101 Å². The molecular formula is C50H53NO20. The Bertz CT molecular complexity index is 2620. The molecule has 378 valence electrons. The van der Waals surface area contributed by atoms with Gasteiger partial charge in [-0.25, -0.2) is 19.2 Å². The number of aromatic nitrogens is 1. The van der Waals surface area contributed by atoms with Gasteiger partial charge in [-0.05, 0) is 63.6 Å². The quantitative estimate of drug-likeness (QED) is 0.226. The average Bonchev–Trinajstić information content (AvgIpc) is 3.53. The Labute approximate surface area is 406 Å². The number of hydrogen-bond acceptors (Lipinski definition) is 21. The minimum atomic E-state index is -3.07. The van der Waals surface area contributed by atoms with E-state index in [-0.39, 0.29) is 28.8 Å². The van der Waals surface area contributed by atoms with Crippen LogP contribution in [0.5, 0.6) is 0 Å². The van der Waals surface area contributed by atoms with Gasteiger partial charge in [0.1, 0.15) is 42.0 Å². The zero-order chi connectivity index (χ0) is 51.8. The van der Waals surface area contributed by atoms with E-state index in [1.54, 1.807) is 12.1 Å². The minimum Gasteiger partial charge on any atom is -0.465 e. The van der Waals surface area contributed by atoms with Crippen molar-refractivity contribution in [2.75, 3.05) is 13.2 Å². The molecule has 0 amide bonds. The van der Waals surface area contributed by atoms with E-state index in [0.29, 0.717) is 0 Å². The van der Waals surface area contributed by atoms with Crippen molar-refractivity contribution in [1.29, 1.82) is 0 Å². The number of benzene rings is 2. The highest BCUT2D eigenvalue weighted by Gasteiger charge is 2.92. The fourth-order valence-corrected chi connectivity index (χ4v) is 10.7. The van der Waals surface area contributed by atoms with Crippen LogP contribution in [0.15, 0.2) is 79.0 Å². The second kappa shape index (κ2) is 19.5. The largest absolute Gasteiger partial charge is 0.465 e. The van der Waals surface area contributed by atoms with Crippen LogP contribution < -0.4 is 0 Å². The highest BCUT2D eigenvalue weighted by molar-refractivity contribution is 5.91. The van der Waals surface area contributed by atoms with E-state index in [9.17, 15) is 43.5 Å². The molecule has 2 aliphatic carbocycles. The Balaban J connectivity index is 1.66. The average molecular weight is 988 g/mol. The van der Waals surface area contributed by atoms with E-state index in [2.05, 4.69) is 4.98 Å². The summed E-state index contributed by atoms with van der Waals surface area (Å²) in [5, 5.41) is 14.0. The first-order valence-electron chi connectivity index (χ1n) is 22.5. The van der Waals surface area contributed by atoms with Gasteiger partial charge in [0, 0.05) is 47.2 Å². The number of carbonyl (C=O) groups is 9. The summed E-state index contributed by atoms with van der Waals surface area (Å²) in [4.78, 5) is 130. The molecule has 1 spiro atoms. The zero-order valence-electron chi connectivity index (χ0n) is 40.0. The van der Waals surface area contributed by atoms with Gasteiger partial charge in [-0.1, -0.05) is 36.4 Å². The normalized spacial score (nSPS) is 32.9. The Morgan fingerprint density at radius 2 is 1.23 bits per heavy atom. The number of carbonyl (C=O) groups excluding carboxylic acids is 9. The molecule has 2 aromatic carbocycles. The van der Waals surface area contributed by atoms with Gasteiger partial charge in [-0.3, -0.25) is 29.0 Å². The molecule has 0 radical (unpaired) electrons. The maximum Gasteiger partial charge on any atom is 0.350 e. The molecule has 3 aromatic rings. The van der Waals surface area contributed by atoms with Gasteiger partial charge in [0.05, 0.1) is 28.3 Å². The molecular weight excluding hydrogens is 935 g/mol. The SMILES string of the molecule is CC(=O)OC[C@]12[C@H](OC(C)=O)C(OC(C)=O)[C@@H]3[C@@H](OC(=O)c4ccccc4)[C@@]14O[C@@]3(C)COC(=O)c1cccnc1CCC(C)(OC(C)=O)C(=O)O[C@@H]([C@H](OC(C)=O)[C@@H]2OC(=O)c1ccccc1)[C@]4(C)O. The molecule has 3 heterocycles. The van der Waals surface area contributed by atoms with Crippen molar-refractivity contribution in [1.82, 2.24) is 4.98 Å².